The molecule has 0 saturated heterocycles. The number of carbonyl (C=O) groups excluding carboxylic acids is 2. The third-order valence-corrected chi connectivity index (χ3v) is 3.30. The van der Waals surface area contributed by atoms with Gasteiger partial charge in [-0.15, -0.1) is 0 Å². The van der Waals surface area contributed by atoms with Crippen molar-refractivity contribution in [2.45, 2.75) is 32.7 Å². The summed E-state index contributed by atoms with van der Waals surface area (Å²) >= 11 is 1.67. The second-order valence-corrected chi connectivity index (χ2v) is 5.88. The average molecular weight is 290 g/mol. The van der Waals surface area contributed by atoms with Crippen molar-refractivity contribution >= 4 is 23.6 Å². The van der Waals surface area contributed by atoms with Gasteiger partial charge in [0.15, 0.2) is 0 Å². The van der Waals surface area contributed by atoms with Crippen LogP contribution >= 0.6 is 11.8 Å². The molecule has 0 aliphatic rings. The van der Waals surface area contributed by atoms with Crippen LogP contribution in [0, 0.1) is 5.92 Å². The van der Waals surface area contributed by atoms with Gasteiger partial charge >= 0.3 is 5.97 Å². The number of hydrogen-bond acceptors (Lipinski definition) is 5. The lowest BCUT2D eigenvalue weighted by Crippen LogP contribution is -2.46. The summed E-state index contributed by atoms with van der Waals surface area (Å²) in [5.74, 6) is 0.819. The summed E-state index contributed by atoms with van der Waals surface area (Å²) in [6.07, 6.45) is 2.86. The molecule has 0 aliphatic heterocycles. The molecule has 0 aromatic carbocycles. The predicted molar refractivity (Wildman–Crippen MR) is 79.0 cm³/mol. The van der Waals surface area contributed by atoms with Crippen LogP contribution in [0.1, 0.15) is 26.7 Å². The summed E-state index contributed by atoms with van der Waals surface area (Å²) in [4.78, 5) is 25.1. The van der Waals surface area contributed by atoms with Gasteiger partial charge in [-0.25, -0.2) is 0 Å². The minimum atomic E-state index is -0.483. The lowest BCUT2D eigenvalue weighted by molar-refractivity contribution is -0.142. The molecule has 0 aromatic rings. The first-order valence-electron chi connectivity index (χ1n) is 6.52. The molecule has 0 radical (unpaired) electrons. The topological polar surface area (TPSA) is 72.6 Å². The molecule has 5 nitrogen and oxygen atoms in total. The number of ether oxygens (including phenoxy) is 1. The van der Waals surface area contributed by atoms with Crippen LogP contribution in [0.25, 0.3) is 0 Å². The second kappa shape index (κ2) is 10.1. The summed E-state index contributed by atoms with van der Waals surface area (Å²) < 4.78 is 4.60. The minimum absolute atomic E-state index is 0.0772. The molecule has 1 atom stereocenters. The number of methoxy groups -OCH3 is 1. The third-order valence-electron chi connectivity index (χ3n) is 2.66. The van der Waals surface area contributed by atoms with Gasteiger partial charge in [-0.3, -0.25) is 9.59 Å². The highest BCUT2D eigenvalue weighted by Crippen LogP contribution is 2.07. The predicted octanol–water partition coefficient (Wildman–Crippen LogP) is 1.11. The molecule has 0 unspecified atom stereocenters. The highest BCUT2D eigenvalue weighted by molar-refractivity contribution is 7.98. The summed E-state index contributed by atoms with van der Waals surface area (Å²) in [7, 11) is 1.35. The Bertz CT molecular complexity index is 285. The van der Waals surface area contributed by atoms with Crippen LogP contribution in [0.3, 0.4) is 0 Å². The Morgan fingerprint density at radius 3 is 2.47 bits per heavy atom. The lowest BCUT2D eigenvalue weighted by Gasteiger charge is -2.27. The lowest BCUT2D eigenvalue weighted by atomic mass is 10.1. The normalized spacial score (nSPS) is 12.3. The Labute approximate surface area is 120 Å². The van der Waals surface area contributed by atoms with Crippen LogP contribution in [0.4, 0.5) is 0 Å². The summed E-state index contributed by atoms with van der Waals surface area (Å²) in [5.41, 5.74) is 5.90. The first kappa shape index (κ1) is 18.2. The van der Waals surface area contributed by atoms with Gasteiger partial charge in [0, 0.05) is 13.1 Å². The first-order valence-corrected chi connectivity index (χ1v) is 7.91. The zero-order valence-corrected chi connectivity index (χ0v) is 13.2. The SMILES string of the molecule is COC(=O)CCN(CC(C)C)C(=O)[C@@H](N)CCSC. The van der Waals surface area contributed by atoms with E-state index in [1.165, 1.54) is 7.11 Å². The van der Waals surface area contributed by atoms with Gasteiger partial charge in [-0.2, -0.15) is 11.8 Å². The standard InChI is InChI=1S/C13H26N2O3S/c1-10(2)9-15(7-5-12(16)18-3)13(17)11(14)6-8-19-4/h10-11H,5-9,14H2,1-4H3/t11-/m0/s1. The van der Waals surface area contributed by atoms with Gasteiger partial charge in [0.05, 0.1) is 19.6 Å². The van der Waals surface area contributed by atoms with E-state index in [2.05, 4.69) is 4.74 Å². The van der Waals surface area contributed by atoms with Crippen molar-refractivity contribution in [3.05, 3.63) is 0 Å². The number of nitrogens with zero attached hydrogens (tertiary/aromatic N) is 1. The molecule has 0 heterocycles. The molecule has 2 N–H and O–H groups in total. The van der Waals surface area contributed by atoms with Crippen molar-refractivity contribution in [3.8, 4) is 0 Å². The van der Waals surface area contributed by atoms with E-state index in [0.29, 0.717) is 25.4 Å². The zero-order chi connectivity index (χ0) is 14.8. The monoisotopic (exact) mass is 290 g/mol. The highest BCUT2D eigenvalue weighted by Gasteiger charge is 2.22. The maximum atomic E-state index is 12.2. The number of rotatable bonds is 9. The Morgan fingerprint density at radius 1 is 1.37 bits per heavy atom. The van der Waals surface area contributed by atoms with Gasteiger partial charge in [-0.1, -0.05) is 13.8 Å². The molecule has 0 spiro atoms. The number of thioether (sulfide) groups is 1. The Morgan fingerprint density at radius 2 is 2.00 bits per heavy atom. The second-order valence-electron chi connectivity index (χ2n) is 4.89. The summed E-state index contributed by atoms with van der Waals surface area (Å²) in [6, 6.07) is -0.483. The molecule has 0 aliphatic carbocycles. The van der Waals surface area contributed by atoms with E-state index in [4.69, 9.17) is 5.73 Å². The molecule has 1 amide bonds. The van der Waals surface area contributed by atoms with E-state index in [0.717, 1.165) is 5.75 Å². The van der Waals surface area contributed by atoms with Crippen molar-refractivity contribution in [1.29, 1.82) is 0 Å². The first-order chi connectivity index (χ1) is 8.92. The van der Waals surface area contributed by atoms with Crippen LogP contribution in [-0.4, -0.2) is 55.0 Å². The highest BCUT2D eigenvalue weighted by atomic mass is 32.2. The number of esters is 1. The van der Waals surface area contributed by atoms with Crippen molar-refractivity contribution in [2.24, 2.45) is 11.7 Å². The molecule has 6 heteroatoms. The van der Waals surface area contributed by atoms with E-state index in [1.54, 1.807) is 16.7 Å². The molecule has 0 aromatic heterocycles. The Hall–Kier alpha value is -0.750. The largest absolute Gasteiger partial charge is 0.469 e. The molecular weight excluding hydrogens is 264 g/mol. The number of hydrogen-bond donors (Lipinski definition) is 1. The van der Waals surface area contributed by atoms with Gasteiger partial charge < -0.3 is 15.4 Å². The van der Waals surface area contributed by atoms with Crippen LogP contribution < -0.4 is 5.73 Å². The smallest absolute Gasteiger partial charge is 0.307 e. The molecule has 0 bridgehead atoms. The zero-order valence-electron chi connectivity index (χ0n) is 12.3. The van der Waals surface area contributed by atoms with Gasteiger partial charge in [0.1, 0.15) is 0 Å². The maximum Gasteiger partial charge on any atom is 0.307 e. The van der Waals surface area contributed by atoms with Gasteiger partial charge in [0.25, 0.3) is 0 Å². The van der Waals surface area contributed by atoms with E-state index >= 15 is 0 Å². The summed E-state index contributed by atoms with van der Waals surface area (Å²) in [6.45, 7) is 5.05. The maximum absolute atomic E-state index is 12.2. The van der Waals surface area contributed by atoms with Gasteiger partial charge in [-0.05, 0) is 24.3 Å². The van der Waals surface area contributed by atoms with Crippen LogP contribution in [-0.2, 0) is 14.3 Å². The van der Waals surface area contributed by atoms with Crippen molar-refractivity contribution in [1.82, 2.24) is 4.90 Å². The fraction of sp³-hybridized carbons (Fsp3) is 0.846. The number of nitrogens with two attached hydrogens (primary N) is 1. The van der Waals surface area contributed by atoms with Crippen molar-refractivity contribution in [2.75, 3.05) is 32.2 Å². The molecule has 0 rings (SSSR count). The van der Waals surface area contributed by atoms with E-state index < -0.39 is 6.04 Å². The van der Waals surface area contributed by atoms with E-state index in [9.17, 15) is 9.59 Å². The summed E-state index contributed by atoms with van der Waals surface area (Å²) in [5, 5.41) is 0. The van der Waals surface area contributed by atoms with Crippen LogP contribution in [0.5, 0.6) is 0 Å². The Balaban J connectivity index is 4.45. The molecule has 0 fully saturated rings. The van der Waals surface area contributed by atoms with Crippen molar-refractivity contribution in [3.63, 3.8) is 0 Å². The van der Waals surface area contributed by atoms with Gasteiger partial charge in [0.2, 0.25) is 5.91 Å². The third kappa shape index (κ3) is 8.10. The van der Waals surface area contributed by atoms with E-state index in [-0.39, 0.29) is 18.3 Å². The van der Waals surface area contributed by atoms with Crippen LogP contribution in [0.15, 0.2) is 0 Å². The molecule has 112 valence electrons. The van der Waals surface area contributed by atoms with Crippen molar-refractivity contribution < 1.29 is 14.3 Å². The number of amides is 1. The quantitative estimate of drug-likeness (QED) is 0.644. The fourth-order valence-corrected chi connectivity index (χ4v) is 2.15. The fourth-order valence-electron chi connectivity index (χ4n) is 1.66. The molecular formula is C13H26N2O3S. The number of carbonyl (C=O) groups is 2. The van der Waals surface area contributed by atoms with E-state index in [1.807, 2.05) is 20.1 Å². The average Bonchev–Trinajstić information content (AvgIpc) is 2.38. The van der Waals surface area contributed by atoms with Crippen LogP contribution in [0.2, 0.25) is 0 Å². The molecule has 0 saturated carbocycles. The minimum Gasteiger partial charge on any atom is -0.469 e. The molecule has 19 heavy (non-hydrogen) atoms. The Kier molecular flexibility index (Phi) is 9.69.